The second-order valence-corrected chi connectivity index (χ2v) is 4.57. The first kappa shape index (κ1) is 13.4. The molecular formula is C13H10BrNO4. The molecule has 98 valence electrons. The highest BCUT2D eigenvalue weighted by molar-refractivity contribution is 9.10. The van der Waals surface area contributed by atoms with E-state index in [4.69, 9.17) is 9.84 Å². The fourth-order valence-electron chi connectivity index (χ4n) is 1.48. The summed E-state index contributed by atoms with van der Waals surface area (Å²) in [7, 11) is 0. The molecule has 1 heterocycles. The number of rotatable bonds is 4. The quantitative estimate of drug-likeness (QED) is 0.846. The van der Waals surface area contributed by atoms with Crippen LogP contribution < -0.4 is 4.74 Å². The molecule has 1 aromatic carbocycles. The summed E-state index contributed by atoms with van der Waals surface area (Å²) in [6.45, 7) is 0.283. The Bertz CT molecular complexity index is 615. The molecule has 0 saturated heterocycles. The van der Waals surface area contributed by atoms with E-state index in [1.807, 2.05) is 0 Å². The number of aromatic carboxylic acids is 1. The predicted molar refractivity (Wildman–Crippen MR) is 71.3 cm³/mol. The Kier molecular flexibility index (Phi) is 4.01. The van der Waals surface area contributed by atoms with Gasteiger partial charge in [-0.05, 0) is 51.8 Å². The molecule has 0 aliphatic rings. The third-order valence-electron chi connectivity index (χ3n) is 2.39. The van der Waals surface area contributed by atoms with Crippen molar-refractivity contribution in [2.75, 3.05) is 0 Å². The lowest BCUT2D eigenvalue weighted by molar-refractivity contribution is 0.0693. The van der Waals surface area contributed by atoms with Crippen molar-refractivity contribution in [3.63, 3.8) is 0 Å². The molecule has 2 N–H and O–H groups in total. The van der Waals surface area contributed by atoms with Gasteiger partial charge in [-0.1, -0.05) is 0 Å². The molecule has 0 fully saturated rings. The first-order valence-electron chi connectivity index (χ1n) is 5.36. The number of benzene rings is 1. The zero-order valence-corrected chi connectivity index (χ0v) is 11.3. The van der Waals surface area contributed by atoms with Gasteiger partial charge in [0.15, 0.2) is 0 Å². The van der Waals surface area contributed by atoms with Gasteiger partial charge in [0.25, 0.3) is 0 Å². The lowest BCUT2D eigenvalue weighted by atomic mass is 10.2. The monoisotopic (exact) mass is 323 g/mol. The zero-order valence-electron chi connectivity index (χ0n) is 9.71. The first-order valence-corrected chi connectivity index (χ1v) is 6.15. The summed E-state index contributed by atoms with van der Waals surface area (Å²) in [6.07, 6.45) is 1.64. The van der Waals surface area contributed by atoms with E-state index in [2.05, 4.69) is 20.9 Å². The van der Waals surface area contributed by atoms with E-state index in [0.29, 0.717) is 10.4 Å². The number of hydrogen-bond acceptors (Lipinski definition) is 4. The number of hydrogen-bond donors (Lipinski definition) is 2. The maximum absolute atomic E-state index is 10.9. The van der Waals surface area contributed by atoms with Gasteiger partial charge in [0, 0.05) is 6.20 Å². The average molecular weight is 324 g/mol. The third kappa shape index (κ3) is 3.45. The van der Waals surface area contributed by atoms with Crippen LogP contribution in [0.5, 0.6) is 11.5 Å². The summed E-state index contributed by atoms with van der Waals surface area (Å²) in [5.74, 6) is -1.11. The van der Waals surface area contributed by atoms with Crippen LogP contribution in [0.1, 0.15) is 15.9 Å². The predicted octanol–water partition coefficient (Wildman–Crippen LogP) is 2.83. The van der Waals surface area contributed by atoms with E-state index in [0.717, 1.165) is 5.56 Å². The molecule has 0 amide bonds. The summed E-state index contributed by atoms with van der Waals surface area (Å²) in [4.78, 5) is 14.9. The third-order valence-corrected chi connectivity index (χ3v) is 2.83. The standard InChI is InChI=1S/C13H10BrNO4/c14-12-5-8(3-4-15-12)7-19-9-1-2-11(16)10(6-9)13(17)18/h1-6,16H,7H2,(H,17,18). The molecule has 6 heteroatoms. The molecule has 0 spiro atoms. The number of aromatic nitrogens is 1. The first-order chi connectivity index (χ1) is 9.06. The van der Waals surface area contributed by atoms with Gasteiger partial charge in [0.2, 0.25) is 0 Å². The highest BCUT2D eigenvalue weighted by Gasteiger charge is 2.10. The Labute approximate surface area is 117 Å². The lowest BCUT2D eigenvalue weighted by Gasteiger charge is -2.08. The largest absolute Gasteiger partial charge is 0.507 e. The smallest absolute Gasteiger partial charge is 0.339 e. The van der Waals surface area contributed by atoms with Crippen LogP contribution >= 0.6 is 15.9 Å². The Morgan fingerprint density at radius 3 is 2.79 bits per heavy atom. The molecule has 0 bridgehead atoms. The van der Waals surface area contributed by atoms with Crippen LogP contribution in [0, 0.1) is 0 Å². The van der Waals surface area contributed by atoms with Crippen molar-refractivity contribution in [3.05, 3.63) is 52.3 Å². The van der Waals surface area contributed by atoms with Gasteiger partial charge >= 0.3 is 5.97 Å². The van der Waals surface area contributed by atoms with Crippen molar-refractivity contribution in [2.45, 2.75) is 6.61 Å². The summed E-state index contributed by atoms with van der Waals surface area (Å²) in [6, 6.07) is 7.69. The summed E-state index contributed by atoms with van der Waals surface area (Å²) in [5.41, 5.74) is 0.709. The molecule has 19 heavy (non-hydrogen) atoms. The Morgan fingerprint density at radius 2 is 2.11 bits per heavy atom. The molecule has 1 aromatic heterocycles. The highest BCUT2D eigenvalue weighted by atomic mass is 79.9. The minimum atomic E-state index is -1.20. The molecule has 0 atom stereocenters. The fraction of sp³-hybridized carbons (Fsp3) is 0.0769. The molecule has 0 aliphatic carbocycles. The number of phenols is 1. The van der Waals surface area contributed by atoms with Crippen molar-refractivity contribution in [1.82, 2.24) is 4.98 Å². The van der Waals surface area contributed by atoms with Crippen LogP contribution in [0.15, 0.2) is 41.1 Å². The summed E-state index contributed by atoms with van der Waals surface area (Å²) < 4.78 is 6.17. The number of halogens is 1. The number of ether oxygens (including phenoxy) is 1. The van der Waals surface area contributed by atoms with E-state index in [9.17, 15) is 9.90 Å². The normalized spacial score (nSPS) is 10.2. The number of carbonyl (C=O) groups is 1. The molecule has 2 rings (SSSR count). The molecule has 0 saturated carbocycles. The Balaban J connectivity index is 2.12. The Morgan fingerprint density at radius 1 is 1.32 bits per heavy atom. The molecule has 5 nitrogen and oxygen atoms in total. The van der Waals surface area contributed by atoms with E-state index in [1.54, 1.807) is 18.3 Å². The SMILES string of the molecule is O=C(O)c1cc(OCc2ccnc(Br)c2)ccc1O. The van der Waals surface area contributed by atoms with E-state index < -0.39 is 5.97 Å². The number of nitrogens with zero attached hydrogens (tertiary/aromatic N) is 1. The maximum atomic E-state index is 10.9. The number of carboxylic acids is 1. The minimum Gasteiger partial charge on any atom is -0.507 e. The highest BCUT2D eigenvalue weighted by Crippen LogP contribution is 2.23. The second-order valence-electron chi connectivity index (χ2n) is 3.76. The Hall–Kier alpha value is -2.08. The van der Waals surface area contributed by atoms with Gasteiger partial charge < -0.3 is 14.9 Å². The van der Waals surface area contributed by atoms with E-state index >= 15 is 0 Å². The van der Waals surface area contributed by atoms with Crippen molar-refractivity contribution in [1.29, 1.82) is 0 Å². The van der Waals surface area contributed by atoms with E-state index in [-0.39, 0.29) is 17.9 Å². The topological polar surface area (TPSA) is 79.7 Å². The summed E-state index contributed by atoms with van der Waals surface area (Å²) >= 11 is 3.25. The molecule has 2 aromatic rings. The number of carboxylic acid groups (broad SMARTS) is 1. The van der Waals surface area contributed by atoms with Crippen LogP contribution in [0.25, 0.3) is 0 Å². The van der Waals surface area contributed by atoms with Gasteiger partial charge in [-0.3, -0.25) is 0 Å². The van der Waals surface area contributed by atoms with E-state index in [1.165, 1.54) is 18.2 Å². The van der Waals surface area contributed by atoms with Gasteiger partial charge in [0.1, 0.15) is 28.3 Å². The average Bonchev–Trinajstić information content (AvgIpc) is 2.37. The van der Waals surface area contributed by atoms with Crippen LogP contribution in [-0.2, 0) is 6.61 Å². The molecule has 0 radical (unpaired) electrons. The van der Waals surface area contributed by atoms with Gasteiger partial charge in [-0.2, -0.15) is 0 Å². The number of aromatic hydroxyl groups is 1. The molecule has 0 unspecified atom stereocenters. The van der Waals surface area contributed by atoms with Crippen molar-refractivity contribution in [2.24, 2.45) is 0 Å². The van der Waals surface area contributed by atoms with Gasteiger partial charge in [-0.15, -0.1) is 0 Å². The van der Waals surface area contributed by atoms with Crippen LogP contribution in [0.4, 0.5) is 0 Å². The van der Waals surface area contributed by atoms with Crippen molar-refractivity contribution >= 4 is 21.9 Å². The fourth-order valence-corrected chi connectivity index (χ4v) is 1.89. The number of pyridine rings is 1. The van der Waals surface area contributed by atoms with Gasteiger partial charge in [0.05, 0.1) is 0 Å². The van der Waals surface area contributed by atoms with Crippen LogP contribution in [-0.4, -0.2) is 21.2 Å². The van der Waals surface area contributed by atoms with Gasteiger partial charge in [-0.25, -0.2) is 9.78 Å². The minimum absolute atomic E-state index is 0.187. The van der Waals surface area contributed by atoms with Crippen LogP contribution in [0.2, 0.25) is 0 Å². The second kappa shape index (κ2) is 5.71. The summed E-state index contributed by atoms with van der Waals surface area (Å²) in [5, 5.41) is 18.3. The maximum Gasteiger partial charge on any atom is 0.339 e. The lowest BCUT2D eigenvalue weighted by Crippen LogP contribution is -2.00. The molecular weight excluding hydrogens is 314 g/mol. The zero-order chi connectivity index (χ0) is 13.8. The van der Waals surface area contributed by atoms with Crippen molar-refractivity contribution in [3.8, 4) is 11.5 Å². The van der Waals surface area contributed by atoms with Crippen molar-refractivity contribution < 1.29 is 19.7 Å². The molecule has 0 aliphatic heterocycles. The van der Waals surface area contributed by atoms with Crippen LogP contribution in [0.3, 0.4) is 0 Å².